The summed E-state index contributed by atoms with van der Waals surface area (Å²) in [6.07, 6.45) is 6.20. The maximum Gasteiger partial charge on any atom is 0.516 e. The topological polar surface area (TPSA) is 91.9 Å². The normalized spacial score (nSPS) is 13.8. The van der Waals surface area contributed by atoms with Gasteiger partial charge in [-0.05, 0) is 0 Å². The second kappa shape index (κ2) is 11.4. The van der Waals surface area contributed by atoms with Crippen LogP contribution in [0.15, 0.2) is 18.7 Å². The van der Waals surface area contributed by atoms with Crippen LogP contribution in [0.1, 0.15) is 6.42 Å². The van der Waals surface area contributed by atoms with E-state index in [9.17, 15) is 0 Å². The van der Waals surface area contributed by atoms with Crippen LogP contribution in [0.3, 0.4) is 0 Å². The van der Waals surface area contributed by atoms with Crippen LogP contribution in [0, 0.1) is 0 Å². The zero-order valence-electron chi connectivity index (χ0n) is 19.7. The molecule has 1 rings (SSSR count). The van der Waals surface area contributed by atoms with Gasteiger partial charge in [-0.3, -0.25) is 0 Å². The summed E-state index contributed by atoms with van der Waals surface area (Å²) >= 11 is 0. The van der Waals surface area contributed by atoms with Crippen LogP contribution < -0.4 is 4.57 Å². The van der Waals surface area contributed by atoms with Gasteiger partial charge in [0.1, 0.15) is 12.4 Å². The minimum Gasteiger partial charge on any atom is -0.377 e. The van der Waals surface area contributed by atoms with Crippen LogP contribution in [0.25, 0.3) is 0 Å². The molecule has 0 aromatic carbocycles. The van der Waals surface area contributed by atoms with E-state index in [1.165, 1.54) is 64.0 Å². The van der Waals surface area contributed by atoms with Gasteiger partial charge < -0.3 is 39.8 Å². The van der Waals surface area contributed by atoms with E-state index in [4.69, 9.17) is 39.8 Å². The molecule has 1 aromatic rings. The first-order valence-corrected chi connectivity index (χ1v) is 14.4. The molecule has 0 saturated carbocycles. The van der Waals surface area contributed by atoms with Crippen molar-refractivity contribution >= 4 is 26.4 Å². The van der Waals surface area contributed by atoms with Gasteiger partial charge in [-0.15, -0.1) is 0 Å². The molecule has 0 atom stereocenters. The van der Waals surface area contributed by atoms with Gasteiger partial charge in [0.15, 0.2) is 4.28 Å². The second-order valence-corrected chi connectivity index (χ2v) is 17.5. The smallest absolute Gasteiger partial charge is 0.377 e. The molecule has 0 amide bonds. The highest BCUT2D eigenvalue weighted by atomic mass is 28.5. The number of hydrogen-bond donors (Lipinski definition) is 0. The molecule has 30 heavy (non-hydrogen) atoms. The summed E-state index contributed by atoms with van der Waals surface area (Å²) in [6.45, 7) is 0.515. The predicted octanol–water partition coefficient (Wildman–Crippen LogP) is 0.156. The molecule has 176 valence electrons. The van der Waals surface area contributed by atoms with Crippen molar-refractivity contribution in [3.63, 3.8) is 0 Å². The summed E-state index contributed by atoms with van der Waals surface area (Å²) < 4.78 is 56.6. The number of rotatable bonds is 15. The molecule has 0 aliphatic rings. The van der Waals surface area contributed by atoms with E-state index >= 15 is 0 Å². The van der Waals surface area contributed by atoms with E-state index in [0.717, 1.165) is 0 Å². The van der Waals surface area contributed by atoms with Gasteiger partial charge in [0.05, 0.1) is 13.6 Å². The maximum absolute atomic E-state index is 5.99. The Balaban J connectivity index is 3.97. The molecule has 0 bridgehead atoms. The van der Waals surface area contributed by atoms with Crippen molar-refractivity contribution in [2.75, 3.05) is 64.0 Å². The molecule has 1 aromatic heterocycles. The molecule has 14 heteroatoms. The van der Waals surface area contributed by atoms with E-state index in [2.05, 4.69) is 0 Å². The number of aryl methyl sites for hydroxylation is 2. The zero-order chi connectivity index (χ0) is 23.1. The summed E-state index contributed by atoms with van der Waals surface area (Å²) in [5.41, 5.74) is 0. The Morgan fingerprint density at radius 3 is 1.23 bits per heavy atom. The number of nitrogens with zero attached hydrogens (tertiary/aromatic N) is 2. The molecule has 0 radical (unpaired) electrons. The number of hydrogen-bond acceptors (Lipinski definition) is 9. The lowest BCUT2D eigenvalue weighted by Crippen LogP contribution is -2.80. The van der Waals surface area contributed by atoms with Crippen molar-refractivity contribution in [3.05, 3.63) is 18.7 Å². The van der Waals surface area contributed by atoms with Crippen molar-refractivity contribution in [2.24, 2.45) is 7.05 Å². The third-order valence-corrected chi connectivity index (χ3v) is 19.8. The van der Waals surface area contributed by atoms with Gasteiger partial charge >= 0.3 is 26.4 Å². The average Bonchev–Trinajstić information content (AvgIpc) is 3.21. The summed E-state index contributed by atoms with van der Waals surface area (Å²) in [4.78, 5) is 0. The SMILES string of the molecule is CO[Si](OC)(OC)C(CC[n+]1ccn(C)c1)([Si](OC)(OC)OC)[Si](OC)(OC)OC. The molecule has 0 fully saturated rings. The van der Waals surface area contributed by atoms with Crippen LogP contribution >= 0.6 is 0 Å². The Morgan fingerprint density at radius 2 is 1.00 bits per heavy atom. The largest absolute Gasteiger partial charge is 0.516 e. The van der Waals surface area contributed by atoms with Crippen molar-refractivity contribution in [3.8, 4) is 0 Å². The van der Waals surface area contributed by atoms with E-state index in [1.807, 2.05) is 34.9 Å². The number of imidazole rings is 1. The van der Waals surface area contributed by atoms with Crippen LogP contribution in [-0.4, -0.2) is 95.0 Å². The summed E-state index contributed by atoms with van der Waals surface area (Å²) in [6, 6.07) is 0. The molecule has 0 N–H and O–H groups in total. The molecule has 1 heterocycles. The number of aromatic nitrogens is 2. The van der Waals surface area contributed by atoms with Gasteiger partial charge in [0.25, 0.3) is 0 Å². The van der Waals surface area contributed by atoms with Crippen LogP contribution in [0.5, 0.6) is 0 Å². The van der Waals surface area contributed by atoms with E-state index in [0.29, 0.717) is 13.0 Å². The molecule has 0 saturated heterocycles. The van der Waals surface area contributed by atoms with Gasteiger partial charge in [-0.1, -0.05) is 0 Å². The fourth-order valence-electron chi connectivity index (χ4n) is 4.27. The van der Waals surface area contributed by atoms with Crippen LogP contribution in [0.2, 0.25) is 4.28 Å². The first-order chi connectivity index (χ1) is 14.3. The molecule has 0 aliphatic carbocycles. The average molecular weight is 486 g/mol. The standard InChI is InChI=1S/C16H37N2O9Si3/c1-17-13-14-18(15-17)12-11-16(28(19-2,20-3)21-4,29(22-5,23-6)24-7)30(25-8,26-9)27-10/h13-15H,11-12H2,1-10H3/q+1. The van der Waals surface area contributed by atoms with E-state index in [-0.39, 0.29) is 0 Å². The van der Waals surface area contributed by atoms with Crippen LogP contribution in [-0.2, 0) is 53.4 Å². The Morgan fingerprint density at radius 1 is 0.667 bits per heavy atom. The van der Waals surface area contributed by atoms with Crippen LogP contribution in [0.4, 0.5) is 0 Å². The minimum atomic E-state index is -3.69. The fourth-order valence-corrected chi connectivity index (χ4v) is 20.2. The van der Waals surface area contributed by atoms with Gasteiger partial charge in [-0.2, -0.15) is 0 Å². The minimum absolute atomic E-state index is 0.354. The van der Waals surface area contributed by atoms with E-state index in [1.54, 1.807) is 0 Å². The molecular weight excluding hydrogens is 448 g/mol. The first-order valence-electron chi connectivity index (χ1n) is 9.24. The Hall–Kier alpha value is -0.499. The van der Waals surface area contributed by atoms with Gasteiger partial charge in [0, 0.05) is 70.4 Å². The van der Waals surface area contributed by atoms with E-state index < -0.39 is 30.7 Å². The first kappa shape index (κ1) is 27.5. The second-order valence-electron chi connectivity index (χ2n) is 6.48. The molecule has 0 spiro atoms. The lowest BCUT2D eigenvalue weighted by Gasteiger charge is -2.53. The third kappa shape index (κ3) is 4.12. The summed E-state index contributed by atoms with van der Waals surface area (Å²) in [5, 5.41) is 0. The Kier molecular flexibility index (Phi) is 10.5. The highest BCUT2D eigenvalue weighted by Gasteiger charge is 2.88. The Bertz CT molecular complexity index is 562. The highest BCUT2D eigenvalue weighted by molar-refractivity contribution is 7.02. The molecule has 0 aliphatic heterocycles. The van der Waals surface area contributed by atoms with Crippen molar-refractivity contribution < 1.29 is 44.4 Å². The zero-order valence-corrected chi connectivity index (χ0v) is 22.7. The lowest BCUT2D eigenvalue weighted by atomic mass is 10.4. The van der Waals surface area contributed by atoms with Crippen molar-refractivity contribution in [1.82, 2.24) is 4.57 Å². The van der Waals surface area contributed by atoms with Gasteiger partial charge in [0.2, 0.25) is 6.33 Å². The molecular formula is C16H37N2O9Si3+. The predicted molar refractivity (Wildman–Crippen MR) is 113 cm³/mol. The van der Waals surface area contributed by atoms with Crippen molar-refractivity contribution in [2.45, 2.75) is 17.3 Å². The molecule has 11 nitrogen and oxygen atoms in total. The monoisotopic (exact) mass is 485 g/mol. The van der Waals surface area contributed by atoms with Crippen molar-refractivity contribution in [1.29, 1.82) is 0 Å². The lowest BCUT2D eigenvalue weighted by molar-refractivity contribution is -0.697. The third-order valence-electron chi connectivity index (χ3n) is 5.56. The molecule has 0 unspecified atom stereocenters. The Labute approximate surface area is 182 Å². The maximum atomic E-state index is 5.99. The quantitative estimate of drug-likeness (QED) is 0.254. The highest BCUT2D eigenvalue weighted by Crippen LogP contribution is 2.58. The fraction of sp³-hybridized carbons (Fsp3) is 0.812. The summed E-state index contributed by atoms with van der Waals surface area (Å²) in [7, 11) is 4.54. The van der Waals surface area contributed by atoms with Gasteiger partial charge in [-0.25, -0.2) is 9.13 Å². The summed E-state index contributed by atoms with van der Waals surface area (Å²) in [5.74, 6) is 0.